The van der Waals surface area contributed by atoms with Crippen molar-refractivity contribution in [1.29, 1.82) is 0 Å². The van der Waals surface area contributed by atoms with E-state index in [0.29, 0.717) is 24.8 Å². The highest BCUT2D eigenvalue weighted by atomic mass is 19.3. The normalized spacial score (nSPS) is 30.4. The number of hydrogen-bond acceptors (Lipinski definition) is 2. The zero-order valence-corrected chi connectivity index (χ0v) is 13.2. The molecule has 0 aromatic carbocycles. The Morgan fingerprint density at radius 1 is 1.29 bits per heavy atom. The first-order valence-electron chi connectivity index (χ1n) is 8.33. The van der Waals surface area contributed by atoms with E-state index in [-0.39, 0.29) is 24.7 Å². The molecular formula is C16H28F2N2O. The fourth-order valence-corrected chi connectivity index (χ4v) is 3.52. The van der Waals surface area contributed by atoms with E-state index < -0.39 is 5.92 Å². The van der Waals surface area contributed by atoms with E-state index in [9.17, 15) is 13.6 Å². The van der Waals surface area contributed by atoms with Crippen molar-refractivity contribution in [3.8, 4) is 0 Å². The fraction of sp³-hybridized carbons (Fsp3) is 0.938. The minimum Gasteiger partial charge on any atom is -0.342 e. The molecule has 2 unspecified atom stereocenters. The van der Waals surface area contributed by atoms with Crippen molar-refractivity contribution in [2.75, 3.05) is 19.6 Å². The van der Waals surface area contributed by atoms with Crippen LogP contribution < -0.4 is 5.32 Å². The Bertz CT molecular complexity index is 352. The molecule has 2 fully saturated rings. The van der Waals surface area contributed by atoms with Crippen LogP contribution >= 0.6 is 0 Å². The van der Waals surface area contributed by atoms with Crippen molar-refractivity contribution >= 4 is 5.91 Å². The predicted octanol–water partition coefficient (Wildman–Crippen LogP) is 3.05. The Kier molecular flexibility index (Phi) is 5.58. The van der Waals surface area contributed by atoms with Crippen molar-refractivity contribution in [2.45, 2.75) is 64.3 Å². The maximum Gasteiger partial charge on any atom is 0.248 e. The van der Waals surface area contributed by atoms with Crippen LogP contribution in [0.3, 0.4) is 0 Å². The van der Waals surface area contributed by atoms with Crippen molar-refractivity contribution in [3.63, 3.8) is 0 Å². The molecule has 1 heterocycles. The Hall–Kier alpha value is -0.710. The average molecular weight is 302 g/mol. The number of halogens is 2. The van der Waals surface area contributed by atoms with E-state index in [2.05, 4.69) is 19.2 Å². The molecule has 2 aliphatic rings. The van der Waals surface area contributed by atoms with Crippen molar-refractivity contribution in [2.24, 2.45) is 11.8 Å². The van der Waals surface area contributed by atoms with E-state index in [1.807, 2.05) is 4.90 Å². The van der Waals surface area contributed by atoms with Gasteiger partial charge in [0.05, 0.1) is 0 Å². The molecule has 2 atom stereocenters. The van der Waals surface area contributed by atoms with E-state index in [4.69, 9.17) is 0 Å². The van der Waals surface area contributed by atoms with Crippen LogP contribution in [0, 0.1) is 11.8 Å². The van der Waals surface area contributed by atoms with Crippen molar-refractivity contribution in [1.82, 2.24) is 10.2 Å². The SMILES string of the molecule is CCCNC1CCN(C(=O)C2CCC(F)(F)CC2)CC1C. The lowest BCUT2D eigenvalue weighted by molar-refractivity contribution is -0.141. The van der Waals surface area contributed by atoms with Crippen LogP contribution in [0.5, 0.6) is 0 Å². The quantitative estimate of drug-likeness (QED) is 0.865. The standard InChI is InChI=1S/C16H28F2N2O/c1-3-9-19-14-6-10-20(11-12(14)2)15(21)13-4-7-16(17,18)8-5-13/h12-14,19H,3-11H2,1-2H3. The molecule has 0 spiro atoms. The summed E-state index contributed by atoms with van der Waals surface area (Å²) in [6.07, 6.45) is 2.50. The van der Waals surface area contributed by atoms with Gasteiger partial charge in [-0.3, -0.25) is 4.79 Å². The highest BCUT2D eigenvalue weighted by molar-refractivity contribution is 5.79. The molecule has 1 saturated heterocycles. The second-order valence-corrected chi connectivity index (χ2v) is 6.74. The lowest BCUT2D eigenvalue weighted by atomic mass is 9.84. The van der Waals surface area contributed by atoms with Gasteiger partial charge in [0.1, 0.15) is 0 Å². The highest BCUT2D eigenvalue weighted by Gasteiger charge is 2.39. The molecule has 21 heavy (non-hydrogen) atoms. The second kappa shape index (κ2) is 7.03. The monoisotopic (exact) mass is 302 g/mol. The number of likely N-dealkylation sites (tertiary alicyclic amines) is 1. The van der Waals surface area contributed by atoms with Crippen LogP contribution in [0.15, 0.2) is 0 Å². The second-order valence-electron chi connectivity index (χ2n) is 6.74. The summed E-state index contributed by atoms with van der Waals surface area (Å²) in [5, 5.41) is 3.53. The first kappa shape index (κ1) is 16.7. The zero-order chi connectivity index (χ0) is 15.5. The van der Waals surface area contributed by atoms with E-state index in [0.717, 1.165) is 32.5 Å². The zero-order valence-electron chi connectivity index (χ0n) is 13.2. The Morgan fingerprint density at radius 2 is 1.95 bits per heavy atom. The summed E-state index contributed by atoms with van der Waals surface area (Å²) in [4.78, 5) is 14.4. The van der Waals surface area contributed by atoms with Gasteiger partial charge in [0.15, 0.2) is 0 Å². The summed E-state index contributed by atoms with van der Waals surface area (Å²) >= 11 is 0. The fourth-order valence-electron chi connectivity index (χ4n) is 3.52. The lowest BCUT2D eigenvalue weighted by Crippen LogP contribution is -2.52. The van der Waals surface area contributed by atoms with Crippen LogP contribution in [-0.4, -0.2) is 42.4 Å². The van der Waals surface area contributed by atoms with E-state index in [1.165, 1.54) is 0 Å². The summed E-state index contributed by atoms with van der Waals surface area (Å²) in [6, 6.07) is 0.477. The molecule has 0 radical (unpaired) electrons. The first-order valence-corrected chi connectivity index (χ1v) is 8.33. The van der Waals surface area contributed by atoms with Crippen molar-refractivity contribution < 1.29 is 13.6 Å². The molecule has 0 aromatic heterocycles. The minimum absolute atomic E-state index is 0.103. The molecule has 1 aliphatic heterocycles. The van der Waals surface area contributed by atoms with Crippen LogP contribution in [-0.2, 0) is 4.79 Å². The third-order valence-electron chi connectivity index (χ3n) is 4.94. The van der Waals surface area contributed by atoms with Crippen LogP contribution in [0.4, 0.5) is 8.78 Å². The van der Waals surface area contributed by atoms with Crippen LogP contribution in [0.2, 0.25) is 0 Å². The van der Waals surface area contributed by atoms with Crippen LogP contribution in [0.25, 0.3) is 0 Å². The van der Waals surface area contributed by atoms with Gasteiger partial charge >= 0.3 is 0 Å². The van der Waals surface area contributed by atoms with Gasteiger partial charge in [-0.2, -0.15) is 0 Å². The molecule has 0 bridgehead atoms. The molecule has 1 aliphatic carbocycles. The van der Waals surface area contributed by atoms with E-state index in [1.54, 1.807) is 0 Å². The van der Waals surface area contributed by atoms with Gasteiger partial charge in [-0.15, -0.1) is 0 Å². The largest absolute Gasteiger partial charge is 0.342 e. The molecular weight excluding hydrogens is 274 g/mol. The Labute approximate surface area is 126 Å². The number of rotatable bonds is 4. The van der Waals surface area contributed by atoms with Crippen molar-refractivity contribution in [3.05, 3.63) is 0 Å². The Balaban J connectivity index is 1.82. The molecule has 1 N–H and O–H groups in total. The summed E-state index contributed by atoms with van der Waals surface area (Å²) < 4.78 is 26.4. The third-order valence-corrected chi connectivity index (χ3v) is 4.94. The molecule has 0 aromatic rings. The minimum atomic E-state index is -2.55. The van der Waals surface area contributed by atoms with Gasteiger partial charge in [-0.1, -0.05) is 13.8 Å². The van der Waals surface area contributed by atoms with Gasteiger partial charge in [0, 0.05) is 37.9 Å². The van der Waals surface area contributed by atoms with Gasteiger partial charge in [-0.25, -0.2) is 8.78 Å². The average Bonchev–Trinajstić information content (AvgIpc) is 2.45. The number of alkyl halides is 2. The number of nitrogens with one attached hydrogen (secondary N) is 1. The number of amides is 1. The molecule has 1 amide bonds. The summed E-state index contributed by atoms with van der Waals surface area (Å²) in [5.74, 6) is -2.20. The van der Waals surface area contributed by atoms with Gasteiger partial charge in [-0.05, 0) is 38.1 Å². The predicted molar refractivity (Wildman–Crippen MR) is 79.3 cm³/mol. The molecule has 1 saturated carbocycles. The molecule has 2 rings (SSSR count). The smallest absolute Gasteiger partial charge is 0.248 e. The molecule has 5 heteroatoms. The first-order chi connectivity index (χ1) is 9.93. The maximum atomic E-state index is 13.2. The van der Waals surface area contributed by atoms with Crippen LogP contribution in [0.1, 0.15) is 52.4 Å². The Morgan fingerprint density at radius 3 is 2.52 bits per heavy atom. The number of carbonyl (C=O) groups is 1. The summed E-state index contributed by atoms with van der Waals surface area (Å²) in [6.45, 7) is 6.85. The molecule has 122 valence electrons. The topological polar surface area (TPSA) is 32.3 Å². The van der Waals surface area contributed by atoms with Gasteiger partial charge < -0.3 is 10.2 Å². The molecule has 3 nitrogen and oxygen atoms in total. The number of nitrogens with zero attached hydrogens (tertiary/aromatic N) is 1. The number of piperidine rings is 1. The number of carbonyl (C=O) groups excluding carboxylic acids is 1. The summed E-state index contributed by atoms with van der Waals surface area (Å²) in [5.41, 5.74) is 0. The number of hydrogen-bond donors (Lipinski definition) is 1. The maximum absolute atomic E-state index is 13.2. The van der Waals surface area contributed by atoms with Gasteiger partial charge in [0.2, 0.25) is 11.8 Å². The van der Waals surface area contributed by atoms with E-state index >= 15 is 0 Å². The lowest BCUT2D eigenvalue weighted by Gasteiger charge is -2.40. The summed E-state index contributed by atoms with van der Waals surface area (Å²) in [7, 11) is 0. The van der Waals surface area contributed by atoms with Gasteiger partial charge in [0.25, 0.3) is 0 Å². The third kappa shape index (κ3) is 4.38. The highest BCUT2D eigenvalue weighted by Crippen LogP contribution is 2.37.